The van der Waals surface area contributed by atoms with Gasteiger partial charge in [0.05, 0.1) is 92.5 Å². The minimum absolute atomic E-state index is 0.583. The molecule has 0 aliphatic rings. The smallest absolute Gasteiger partial charge is 0.0782 e. The van der Waals surface area contributed by atoms with Crippen molar-refractivity contribution in [2.75, 3.05) is 0 Å². The van der Waals surface area contributed by atoms with E-state index in [0.717, 1.165) is 4.57 Å². The van der Waals surface area contributed by atoms with Crippen molar-refractivity contribution >= 4 is 65.4 Å². The van der Waals surface area contributed by atoms with E-state index in [0.29, 0.717) is 9.13 Å². The van der Waals surface area contributed by atoms with Crippen molar-refractivity contribution in [3.63, 3.8) is 0 Å². The fourth-order valence-electron chi connectivity index (χ4n) is 7.07. The van der Waals surface area contributed by atoms with Crippen LogP contribution >= 0.6 is 0 Å². The number of rotatable bonds is 5. The zero-order valence-corrected chi connectivity index (χ0v) is 28.3. The van der Waals surface area contributed by atoms with Gasteiger partial charge >= 0.3 is 0 Å². The van der Waals surface area contributed by atoms with Crippen LogP contribution in [0.5, 0.6) is 0 Å². The van der Waals surface area contributed by atoms with Crippen LogP contribution in [0.15, 0.2) is 211 Å². The van der Waals surface area contributed by atoms with E-state index in [2.05, 4.69) is 0 Å². The molecule has 0 amide bonds. The molecule has 0 fully saturated rings. The van der Waals surface area contributed by atoms with Gasteiger partial charge in [0.1, 0.15) is 0 Å². The Hall–Kier alpha value is -7.62. The Labute approximate surface area is 378 Å². The van der Waals surface area contributed by atoms with Crippen molar-refractivity contribution in [2.45, 2.75) is 0 Å². The average molecular weight is 761 g/mol. The second-order valence-electron chi connectivity index (χ2n) is 12.3. The van der Waals surface area contributed by atoms with Gasteiger partial charge in [-0.15, -0.1) is 0 Å². The first-order valence-electron chi connectivity index (χ1n) is 34.3. The minimum Gasteiger partial charge on any atom is -0.309 e. The number of benzene rings is 9. The lowest BCUT2D eigenvalue weighted by atomic mass is 9.99. The van der Waals surface area contributed by atoms with Gasteiger partial charge in [0.2, 0.25) is 0 Å². The summed E-state index contributed by atoms with van der Waals surface area (Å²) in [6, 6.07) is -36.6. The Morgan fingerprint density at radius 1 is 0.281 bits per heavy atom. The number of fused-ring (bicyclic) bond motifs is 9. The summed E-state index contributed by atoms with van der Waals surface area (Å²) in [5.41, 5.74) is -11.5. The van der Waals surface area contributed by atoms with Crippen molar-refractivity contribution in [3.05, 3.63) is 211 Å². The lowest BCUT2D eigenvalue weighted by molar-refractivity contribution is 1.14. The lowest BCUT2D eigenvalue weighted by Crippen LogP contribution is -2.01. The highest BCUT2D eigenvalue weighted by atomic mass is 15.1. The standard InChI is InChI=1S/C54H35N3/c1-2-16-36(17-3-1)37-18-12-19-38(34-37)39-20-13-21-40(35-39)55-49-30-11-7-25-45(49)53-50(55)31-15-32-51(53)57-48-29-10-6-24-43(48)44-26-14-33-52(54(44)57)56-46-27-8-4-22-41(46)42-23-5-9-28-47(42)56/h1-35H/i1D,2D,3D,4D,5D,6D,7D,8D,9D,10D,11D,12D,13D,14D,15D,16D,17D,18D,19D,20D,21D,22D,23D,24D,25D,26D,27D,28D,29D,30D,31D,32D,33D,34D,35D. The summed E-state index contributed by atoms with van der Waals surface area (Å²) in [7, 11) is 0. The van der Waals surface area contributed by atoms with Crippen LogP contribution in [0, 0.1) is 0 Å². The lowest BCUT2D eigenvalue weighted by Gasteiger charge is -2.16. The zero-order chi connectivity index (χ0) is 67.9. The van der Waals surface area contributed by atoms with Crippen LogP contribution in [0.3, 0.4) is 0 Å². The third kappa shape index (κ3) is 4.73. The first-order valence-corrected chi connectivity index (χ1v) is 16.8. The van der Waals surface area contributed by atoms with Gasteiger partial charge < -0.3 is 13.7 Å². The number of hydrogen-bond donors (Lipinski definition) is 0. The molecule has 0 saturated carbocycles. The molecule has 57 heavy (non-hydrogen) atoms. The third-order valence-corrected chi connectivity index (χ3v) is 9.34. The normalized spacial score (nSPS) is 20.5. The van der Waals surface area contributed by atoms with Gasteiger partial charge in [0.25, 0.3) is 0 Å². The molecule has 3 aromatic heterocycles. The summed E-state index contributed by atoms with van der Waals surface area (Å²) >= 11 is 0. The van der Waals surface area contributed by atoms with E-state index in [1.165, 1.54) is 0 Å². The molecule has 0 atom stereocenters. The summed E-state index contributed by atoms with van der Waals surface area (Å²) in [4.78, 5) is 0. The van der Waals surface area contributed by atoms with Crippen LogP contribution in [0.2, 0.25) is 0 Å². The monoisotopic (exact) mass is 761 g/mol. The van der Waals surface area contributed by atoms with Gasteiger partial charge in [-0.2, -0.15) is 0 Å². The maximum atomic E-state index is 10.0. The second kappa shape index (κ2) is 12.5. The highest BCUT2D eigenvalue weighted by Crippen LogP contribution is 2.43. The van der Waals surface area contributed by atoms with E-state index in [4.69, 9.17) is 24.7 Å². The van der Waals surface area contributed by atoms with Gasteiger partial charge in [-0.25, -0.2) is 0 Å². The predicted molar refractivity (Wildman–Crippen MR) is 240 cm³/mol. The predicted octanol–water partition coefficient (Wildman–Crippen LogP) is 14.3. The highest BCUT2D eigenvalue weighted by Gasteiger charge is 2.23. The fraction of sp³-hybridized carbons (Fsp3) is 0. The summed E-state index contributed by atoms with van der Waals surface area (Å²) in [5, 5.41) is -4.26. The molecule has 9 aromatic carbocycles. The fourth-order valence-corrected chi connectivity index (χ4v) is 7.07. The number of para-hydroxylation sites is 5. The van der Waals surface area contributed by atoms with Gasteiger partial charge in [-0.1, -0.05) is 151 Å². The van der Waals surface area contributed by atoms with Crippen LogP contribution < -0.4 is 0 Å². The van der Waals surface area contributed by atoms with E-state index < -0.39 is 316 Å². The Balaban J connectivity index is 1.38. The molecule has 3 heterocycles. The largest absolute Gasteiger partial charge is 0.309 e. The SMILES string of the molecule is [2H]c1c([2H])c([2H])c(-c2c([2H])c([2H])c([2H])c(-c3c([2H])c([2H])c([2H])c(-n4c5c([2H])c([2H])c([2H])c([2H])c5c5c(-n6c7c([2H])c([2H])c([2H])c([2H])c7c7c([2H])c([2H])c([2H])c(-n8c9c([2H])c([2H])c([2H])c([2H])c9c9c([2H])c([2H])c([2H])c([2H])c98)c76)c([2H])c([2H])c([2H])c54)c3[2H])c2[2H])c([2H])c1[2H]. The Morgan fingerprint density at radius 2 is 0.719 bits per heavy atom. The van der Waals surface area contributed by atoms with Gasteiger partial charge in [0, 0.05) is 38.0 Å². The molecule has 12 aromatic rings. The van der Waals surface area contributed by atoms with Gasteiger partial charge in [-0.05, 0) is 82.7 Å². The molecular weight excluding hydrogens is 691 g/mol. The van der Waals surface area contributed by atoms with Crippen molar-refractivity contribution < 1.29 is 48.0 Å². The van der Waals surface area contributed by atoms with Crippen molar-refractivity contribution in [1.82, 2.24) is 13.7 Å². The van der Waals surface area contributed by atoms with E-state index in [9.17, 15) is 23.3 Å². The van der Waals surface area contributed by atoms with E-state index in [1.54, 1.807) is 0 Å². The topological polar surface area (TPSA) is 14.8 Å². The quantitative estimate of drug-likeness (QED) is 0.166. The van der Waals surface area contributed by atoms with Crippen molar-refractivity contribution in [1.29, 1.82) is 0 Å². The summed E-state index contributed by atoms with van der Waals surface area (Å²) in [6.07, 6.45) is 0. The molecule has 0 saturated heterocycles. The van der Waals surface area contributed by atoms with E-state index in [-0.39, 0.29) is 0 Å². The second-order valence-corrected chi connectivity index (χ2v) is 12.3. The Morgan fingerprint density at radius 3 is 1.42 bits per heavy atom. The average Bonchev–Trinajstić information content (AvgIpc) is 1.50. The molecule has 3 nitrogen and oxygen atoms in total. The zero-order valence-electron chi connectivity index (χ0n) is 63.3. The van der Waals surface area contributed by atoms with E-state index in [1.807, 2.05) is 0 Å². The summed E-state index contributed by atoms with van der Waals surface area (Å²) in [6.45, 7) is 0. The molecule has 0 N–H and O–H groups in total. The molecule has 0 unspecified atom stereocenters. The number of aromatic nitrogens is 3. The first-order chi connectivity index (χ1) is 42.9. The maximum absolute atomic E-state index is 10.0. The molecule has 12 rings (SSSR count). The number of nitrogens with zero attached hydrogens (tertiary/aromatic N) is 3. The van der Waals surface area contributed by atoms with Crippen LogP contribution in [0.1, 0.15) is 48.0 Å². The molecule has 0 aliphatic carbocycles. The van der Waals surface area contributed by atoms with Crippen LogP contribution in [-0.4, -0.2) is 13.7 Å². The molecule has 0 radical (unpaired) electrons. The van der Waals surface area contributed by atoms with Crippen molar-refractivity contribution in [3.8, 4) is 39.3 Å². The van der Waals surface area contributed by atoms with Crippen molar-refractivity contribution in [2.24, 2.45) is 0 Å². The van der Waals surface area contributed by atoms with E-state index >= 15 is 0 Å². The summed E-state index contributed by atoms with van der Waals surface area (Å²) in [5.74, 6) is 0. The Bertz CT molecular complexity index is 5480. The first kappa shape index (κ1) is 12.7. The molecule has 266 valence electrons. The molecule has 0 bridgehead atoms. The number of hydrogen-bond acceptors (Lipinski definition) is 0. The summed E-state index contributed by atoms with van der Waals surface area (Å²) < 4.78 is 323. The molecule has 0 aliphatic heterocycles. The molecule has 0 spiro atoms. The third-order valence-electron chi connectivity index (χ3n) is 9.34. The van der Waals surface area contributed by atoms with Gasteiger partial charge in [-0.3, -0.25) is 0 Å². The molecular formula is C54H35N3. The molecule has 3 heteroatoms. The van der Waals surface area contributed by atoms with Gasteiger partial charge in [0.15, 0.2) is 0 Å². The minimum atomic E-state index is -1.23. The Kier molecular flexibility index (Phi) is 2.78. The van der Waals surface area contributed by atoms with Crippen LogP contribution in [0.25, 0.3) is 105 Å². The highest BCUT2D eigenvalue weighted by molar-refractivity contribution is 6.18. The van der Waals surface area contributed by atoms with Crippen LogP contribution in [0.4, 0.5) is 0 Å². The maximum Gasteiger partial charge on any atom is 0.0782 e. The van der Waals surface area contributed by atoms with Crippen LogP contribution in [-0.2, 0) is 0 Å².